The minimum atomic E-state index is -0.920. The number of fused-ring (bicyclic) bond motifs is 2. The minimum absolute atomic E-state index is 0.0465. The van der Waals surface area contributed by atoms with Crippen LogP contribution in [0.2, 0.25) is 5.02 Å². The molecule has 1 amide bonds. The number of halogens is 2. The predicted octanol–water partition coefficient (Wildman–Crippen LogP) is 5.95. The first kappa shape index (κ1) is 20.5. The van der Waals surface area contributed by atoms with Crippen LogP contribution >= 0.6 is 11.6 Å². The van der Waals surface area contributed by atoms with Crippen LogP contribution in [-0.4, -0.2) is 10.8 Å². The summed E-state index contributed by atoms with van der Waals surface area (Å²) in [7, 11) is 0. The molecule has 0 aliphatic carbocycles. The Morgan fingerprint density at radius 2 is 1.75 bits per heavy atom. The Bertz CT molecular complexity index is 1460. The topological polar surface area (TPSA) is 50.5 Å². The van der Waals surface area contributed by atoms with Crippen molar-refractivity contribution in [2.75, 3.05) is 0 Å². The quantitative estimate of drug-likeness (QED) is 0.390. The second-order valence-corrected chi connectivity index (χ2v) is 8.49. The van der Waals surface area contributed by atoms with Crippen LogP contribution in [0.4, 0.5) is 4.39 Å². The van der Waals surface area contributed by atoms with Gasteiger partial charge >= 0.3 is 0 Å². The van der Waals surface area contributed by atoms with Gasteiger partial charge in [-0.1, -0.05) is 54.1 Å². The maximum Gasteiger partial charge on any atom is 0.291 e. The van der Waals surface area contributed by atoms with Crippen LogP contribution in [0.5, 0.6) is 0 Å². The van der Waals surface area contributed by atoms with Crippen molar-refractivity contribution in [2.24, 2.45) is 0 Å². The van der Waals surface area contributed by atoms with E-state index in [1.165, 1.54) is 11.0 Å². The van der Waals surface area contributed by atoms with Gasteiger partial charge in [0.2, 0.25) is 5.76 Å². The molecule has 0 saturated heterocycles. The predicted molar refractivity (Wildman–Crippen MR) is 122 cm³/mol. The highest BCUT2D eigenvalue weighted by atomic mass is 35.5. The second kappa shape index (κ2) is 7.61. The highest BCUT2D eigenvalue weighted by molar-refractivity contribution is 6.31. The van der Waals surface area contributed by atoms with E-state index in [1.807, 2.05) is 26.0 Å². The van der Waals surface area contributed by atoms with E-state index in [4.69, 9.17) is 16.0 Å². The number of hydrogen-bond acceptors (Lipinski definition) is 3. The maximum atomic E-state index is 14.9. The third kappa shape index (κ3) is 3.12. The average molecular weight is 448 g/mol. The Hall–Kier alpha value is -3.44. The third-order valence-corrected chi connectivity index (χ3v) is 6.26. The van der Waals surface area contributed by atoms with Crippen molar-refractivity contribution >= 4 is 28.5 Å². The van der Waals surface area contributed by atoms with Crippen LogP contribution in [0.15, 0.2) is 69.9 Å². The lowest BCUT2D eigenvalue weighted by molar-refractivity contribution is 0.0712. The summed E-state index contributed by atoms with van der Waals surface area (Å²) in [4.78, 5) is 28.6. The second-order valence-electron chi connectivity index (χ2n) is 8.08. The van der Waals surface area contributed by atoms with Gasteiger partial charge in [-0.2, -0.15) is 0 Å². The van der Waals surface area contributed by atoms with E-state index < -0.39 is 17.8 Å². The molecule has 0 spiro atoms. The van der Waals surface area contributed by atoms with E-state index in [-0.39, 0.29) is 28.9 Å². The molecule has 5 rings (SSSR count). The van der Waals surface area contributed by atoms with Crippen LogP contribution in [0, 0.1) is 19.7 Å². The lowest BCUT2D eigenvalue weighted by Gasteiger charge is -2.26. The molecule has 1 aromatic heterocycles. The summed E-state index contributed by atoms with van der Waals surface area (Å²) in [6.45, 7) is 3.83. The standard InChI is InChI=1S/C26H19ClFNO3/c1-14-11-15(2)24-18(12-14)23(30)21-22(17-8-4-6-10-20(17)28)29(26(31)25(21)32-24)13-16-7-3-5-9-19(16)27/h3-12,22H,13H2,1-2H3. The van der Waals surface area contributed by atoms with Crippen LogP contribution in [-0.2, 0) is 6.54 Å². The number of carbonyl (C=O) groups is 1. The highest BCUT2D eigenvalue weighted by Gasteiger charge is 2.44. The molecule has 1 aliphatic heterocycles. The lowest BCUT2D eigenvalue weighted by atomic mass is 9.97. The van der Waals surface area contributed by atoms with E-state index in [9.17, 15) is 14.0 Å². The van der Waals surface area contributed by atoms with E-state index in [0.717, 1.165) is 11.1 Å². The maximum absolute atomic E-state index is 14.9. The zero-order valence-corrected chi connectivity index (χ0v) is 18.2. The van der Waals surface area contributed by atoms with Gasteiger partial charge in [-0.3, -0.25) is 9.59 Å². The molecular formula is C26H19ClFNO3. The van der Waals surface area contributed by atoms with Crippen molar-refractivity contribution in [3.8, 4) is 0 Å². The normalized spacial score (nSPS) is 15.4. The monoisotopic (exact) mass is 447 g/mol. The van der Waals surface area contributed by atoms with Crippen LogP contribution < -0.4 is 5.43 Å². The van der Waals surface area contributed by atoms with Crippen molar-refractivity contribution < 1.29 is 13.6 Å². The molecule has 2 heterocycles. The number of amides is 1. The number of aryl methyl sites for hydroxylation is 2. The molecule has 6 heteroatoms. The first-order valence-electron chi connectivity index (χ1n) is 10.2. The van der Waals surface area contributed by atoms with Gasteiger partial charge in [-0.25, -0.2) is 4.39 Å². The third-order valence-electron chi connectivity index (χ3n) is 5.90. The molecule has 1 unspecified atom stereocenters. The largest absolute Gasteiger partial charge is 0.450 e. The summed E-state index contributed by atoms with van der Waals surface area (Å²) in [6.07, 6.45) is 0. The zero-order valence-electron chi connectivity index (χ0n) is 17.5. The molecule has 0 bridgehead atoms. The Balaban J connectivity index is 1.79. The summed E-state index contributed by atoms with van der Waals surface area (Å²) in [5, 5.41) is 0.870. The first-order valence-corrected chi connectivity index (χ1v) is 10.6. The first-order chi connectivity index (χ1) is 15.4. The minimum Gasteiger partial charge on any atom is -0.450 e. The van der Waals surface area contributed by atoms with Gasteiger partial charge < -0.3 is 9.32 Å². The fourth-order valence-corrected chi connectivity index (χ4v) is 4.66. The van der Waals surface area contributed by atoms with Crippen molar-refractivity contribution in [3.05, 3.63) is 115 Å². The molecular weight excluding hydrogens is 429 g/mol. The Morgan fingerprint density at radius 3 is 2.50 bits per heavy atom. The summed E-state index contributed by atoms with van der Waals surface area (Å²) in [6, 6.07) is 16.0. The molecule has 0 N–H and O–H groups in total. The molecule has 160 valence electrons. The van der Waals surface area contributed by atoms with E-state index in [2.05, 4.69) is 0 Å². The Labute approximate surface area is 188 Å². The van der Waals surface area contributed by atoms with Crippen LogP contribution in [0.3, 0.4) is 0 Å². The SMILES string of the molecule is Cc1cc(C)c2oc3c(c(=O)c2c1)C(c1ccccc1F)N(Cc1ccccc1Cl)C3=O. The smallest absolute Gasteiger partial charge is 0.291 e. The van der Waals surface area contributed by atoms with E-state index >= 15 is 0 Å². The molecule has 3 aromatic carbocycles. The fraction of sp³-hybridized carbons (Fsp3) is 0.154. The number of benzene rings is 3. The molecule has 4 aromatic rings. The summed E-state index contributed by atoms with van der Waals surface area (Å²) >= 11 is 6.34. The summed E-state index contributed by atoms with van der Waals surface area (Å²) in [5.41, 5.74) is 2.81. The molecule has 1 aliphatic rings. The van der Waals surface area contributed by atoms with Gasteiger partial charge in [0.15, 0.2) is 5.43 Å². The van der Waals surface area contributed by atoms with E-state index in [1.54, 1.807) is 42.5 Å². The highest BCUT2D eigenvalue weighted by Crippen LogP contribution is 2.40. The summed E-state index contributed by atoms with van der Waals surface area (Å²) in [5.74, 6) is -1.01. The number of rotatable bonds is 3. The number of carbonyl (C=O) groups excluding carboxylic acids is 1. The van der Waals surface area contributed by atoms with Crippen LogP contribution in [0.25, 0.3) is 11.0 Å². The van der Waals surface area contributed by atoms with Crippen molar-refractivity contribution in [1.29, 1.82) is 0 Å². The van der Waals surface area contributed by atoms with Gasteiger partial charge in [0.25, 0.3) is 5.91 Å². The summed E-state index contributed by atoms with van der Waals surface area (Å²) < 4.78 is 21.0. The molecule has 4 nitrogen and oxygen atoms in total. The lowest BCUT2D eigenvalue weighted by Crippen LogP contribution is -2.30. The molecule has 1 atom stereocenters. The van der Waals surface area contributed by atoms with Gasteiger partial charge in [0.05, 0.1) is 17.0 Å². The molecule has 0 fully saturated rings. The van der Waals surface area contributed by atoms with E-state index in [0.29, 0.717) is 21.6 Å². The zero-order chi connectivity index (χ0) is 22.6. The van der Waals surface area contributed by atoms with Crippen molar-refractivity contribution in [1.82, 2.24) is 4.90 Å². The van der Waals surface area contributed by atoms with Gasteiger partial charge in [0, 0.05) is 17.1 Å². The van der Waals surface area contributed by atoms with Gasteiger partial charge in [-0.05, 0) is 48.7 Å². The van der Waals surface area contributed by atoms with Gasteiger partial charge in [0.1, 0.15) is 11.4 Å². The number of hydrogen-bond donors (Lipinski definition) is 0. The average Bonchev–Trinajstić information content (AvgIpc) is 3.03. The van der Waals surface area contributed by atoms with Crippen molar-refractivity contribution in [3.63, 3.8) is 0 Å². The van der Waals surface area contributed by atoms with Crippen LogP contribution in [0.1, 0.15) is 44.4 Å². The Morgan fingerprint density at radius 1 is 1.03 bits per heavy atom. The molecule has 0 radical (unpaired) electrons. The van der Waals surface area contributed by atoms with Gasteiger partial charge in [-0.15, -0.1) is 0 Å². The van der Waals surface area contributed by atoms with Crippen molar-refractivity contribution in [2.45, 2.75) is 26.4 Å². The Kier molecular flexibility index (Phi) is 4.86. The fourth-order valence-electron chi connectivity index (χ4n) is 4.47. The molecule has 0 saturated carbocycles. The molecule has 32 heavy (non-hydrogen) atoms. The number of nitrogens with zero attached hydrogens (tertiary/aromatic N) is 1.